The first-order valence-electron chi connectivity index (χ1n) is 8.95. The lowest BCUT2D eigenvalue weighted by atomic mass is 9.88. The highest BCUT2D eigenvalue weighted by molar-refractivity contribution is 5.95. The van der Waals surface area contributed by atoms with Crippen LogP contribution in [0.2, 0.25) is 0 Å². The van der Waals surface area contributed by atoms with Crippen LogP contribution in [0.5, 0.6) is 0 Å². The van der Waals surface area contributed by atoms with Gasteiger partial charge in [-0.15, -0.1) is 0 Å². The Kier molecular flexibility index (Phi) is 5.20. The van der Waals surface area contributed by atoms with Gasteiger partial charge in [0, 0.05) is 31.1 Å². The van der Waals surface area contributed by atoms with Gasteiger partial charge in [-0.25, -0.2) is 0 Å². The van der Waals surface area contributed by atoms with Crippen molar-refractivity contribution in [3.05, 3.63) is 59.7 Å². The molecule has 0 N–H and O–H groups in total. The molecule has 0 aromatic heterocycles. The summed E-state index contributed by atoms with van der Waals surface area (Å²) in [6.07, 6.45) is 7.20. The molecular weight excluding hydrogens is 298 g/mol. The van der Waals surface area contributed by atoms with Crippen molar-refractivity contribution in [3.63, 3.8) is 0 Å². The summed E-state index contributed by atoms with van der Waals surface area (Å²) in [5.41, 5.74) is 2.09. The Morgan fingerprint density at radius 3 is 2.58 bits per heavy atom. The molecular formula is C21H27NO2. The first kappa shape index (κ1) is 17.0. The molecule has 0 unspecified atom stereocenters. The van der Waals surface area contributed by atoms with E-state index in [9.17, 15) is 4.79 Å². The number of hydrogen-bond donors (Lipinski definition) is 0. The van der Waals surface area contributed by atoms with Gasteiger partial charge < -0.3 is 9.64 Å². The van der Waals surface area contributed by atoms with Gasteiger partial charge in [0.25, 0.3) is 0 Å². The van der Waals surface area contributed by atoms with Gasteiger partial charge in [0.05, 0.1) is 12.1 Å². The Morgan fingerprint density at radius 2 is 1.92 bits per heavy atom. The second kappa shape index (κ2) is 7.35. The third-order valence-corrected chi connectivity index (χ3v) is 4.70. The number of hydrogen-bond acceptors (Lipinski definition) is 2. The highest BCUT2D eigenvalue weighted by Gasteiger charge is 2.42. The summed E-state index contributed by atoms with van der Waals surface area (Å²) in [4.78, 5) is 15.2. The molecule has 3 nitrogen and oxygen atoms in total. The fourth-order valence-electron chi connectivity index (χ4n) is 3.74. The average molecular weight is 325 g/mol. The largest absolute Gasteiger partial charge is 0.372 e. The summed E-state index contributed by atoms with van der Waals surface area (Å²) in [5, 5.41) is 0. The minimum Gasteiger partial charge on any atom is -0.372 e. The molecule has 2 aliphatic rings. The molecule has 1 aliphatic carbocycles. The molecule has 3 rings (SSSR count). The number of carbonyl (C=O) groups excluding carboxylic acids is 1. The van der Waals surface area contributed by atoms with Crippen LogP contribution >= 0.6 is 0 Å². The number of benzene rings is 1. The van der Waals surface area contributed by atoms with Gasteiger partial charge in [0.2, 0.25) is 5.91 Å². The molecule has 1 aromatic carbocycles. The van der Waals surface area contributed by atoms with E-state index < -0.39 is 0 Å². The normalized spacial score (nSPS) is 26.0. The van der Waals surface area contributed by atoms with E-state index in [2.05, 4.69) is 44.2 Å². The van der Waals surface area contributed by atoms with E-state index >= 15 is 0 Å². The first-order chi connectivity index (χ1) is 11.6. The van der Waals surface area contributed by atoms with E-state index in [4.69, 9.17) is 4.74 Å². The number of nitrogens with zero attached hydrogens (tertiary/aromatic N) is 1. The summed E-state index contributed by atoms with van der Waals surface area (Å²) in [5.74, 6) is 0.868. The van der Waals surface area contributed by atoms with E-state index in [0.29, 0.717) is 18.9 Å². The molecule has 0 fully saturated rings. The Hall–Kier alpha value is -1.87. The minimum absolute atomic E-state index is 0.0113. The maximum Gasteiger partial charge on any atom is 0.250 e. The molecule has 0 saturated heterocycles. The topological polar surface area (TPSA) is 29.5 Å². The minimum atomic E-state index is 0.0113. The van der Waals surface area contributed by atoms with Crippen LogP contribution < -0.4 is 0 Å². The van der Waals surface area contributed by atoms with Crippen molar-refractivity contribution in [2.45, 2.75) is 39.3 Å². The molecule has 1 amide bonds. The molecule has 24 heavy (non-hydrogen) atoms. The molecule has 128 valence electrons. The van der Waals surface area contributed by atoms with Crippen LogP contribution in [-0.2, 0) is 16.0 Å². The third-order valence-electron chi connectivity index (χ3n) is 4.70. The molecule has 3 heteroatoms. The van der Waals surface area contributed by atoms with Gasteiger partial charge in [-0.05, 0) is 18.4 Å². The average Bonchev–Trinajstić information content (AvgIpc) is 2.95. The van der Waals surface area contributed by atoms with Crippen molar-refractivity contribution in [3.8, 4) is 0 Å². The molecule has 0 bridgehead atoms. The van der Waals surface area contributed by atoms with Crippen molar-refractivity contribution in [2.24, 2.45) is 11.8 Å². The summed E-state index contributed by atoms with van der Waals surface area (Å²) in [7, 11) is 0. The number of amides is 1. The van der Waals surface area contributed by atoms with Crippen LogP contribution in [0.3, 0.4) is 0 Å². The summed E-state index contributed by atoms with van der Waals surface area (Å²) >= 11 is 0. The highest BCUT2D eigenvalue weighted by atomic mass is 16.5. The summed E-state index contributed by atoms with van der Waals surface area (Å²) < 4.78 is 5.88. The van der Waals surface area contributed by atoms with Crippen molar-refractivity contribution in [2.75, 3.05) is 13.2 Å². The molecule has 3 atom stereocenters. The number of ether oxygens (including phenoxy) is 1. The SMILES string of the molecule is CCO[C@@H]1C=C[C@H]2C=C(Cc3ccccc3)C(=O)N(CC(C)C)[C@H]21. The predicted molar refractivity (Wildman–Crippen MR) is 96.6 cm³/mol. The van der Waals surface area contributed by atoms with Crippen molar-refractivity contribution >= 4 is 5.91 Å². The van der Waals surface area contributed by atoms with Crippen molar-refractivity contribution in [1.82, 2.24) is 4.90 Å². The lowest BCUT2D eigenvalue weighted by Crippen LogP contribution is -2.53. The fourth-order valence-corrected chi connectivity index (χ4v) is 3.74. The van der Waals surface area contributed by atoms with Crippen LogP contribution in [0.4, 0.5) is 0 Å². The lowest BCUT2D eigenvalue weighted by molar-refractivity contribution is -0.134. The fraction of sp³-hybridized carbons (Fsp3) is 0.476. The quantitative estimate of drug-likeness (QED) is 0.748. The summed E-state index contributed by atoms with van der Waals surface area (Å²) in [6.45, 7) is 7.78. The zero-order valence-corrected chi connectivity index (χ0v) is 14.8. The van der Waals surface area contributed by atoms with Crippen molar-refractivity contribution in [1.29, 1.82) is 0 Å². The van der Waals surface area contributed by atoms with E-state index in [0.717, 1.165) is 12.1 Å². The molecule has 1 aromatic rings. The molecule has 0 radical (unpaired) electrons. The maximum atomic E-state index is 13.1. The van der Waals surface area contributed by atoms with Gasteiger partial charge in [0.15, 0.2) is 0 Å². The highest BCUT2D eigenvalue weighted by Crippen LogP contribution is 2.34. The third kappa shape index (κ3) is 3.46. The second-order valence-corrected chi connectivity index (χ2v) is 7.08. The van der Waals surface area contributed by atoms with Crippen molar-refractivity contribution < 1.29 is 9.53 Å². The molecule has 1 aliphatic heterocycles. The monoisotopic (exact) mass is 325 g/mol. The standard InChI is InChI=1S/C21H27NO2/c1-4-24-19-11-10-17-13-18(12-16-8-6-5-7-9-16)21(23)22(20(17)19)14-15(2)3/h5-11,13,15,17,19-20H,4,12,14H2,1-3H3/t17-,19+,20+/m0/s1. The van der Waals surface area contributed by atoms with Crippen LogP contribution in [0.15, 0.2) is 54.1 Å². The Labute approximate surface area is 145 Å². The smallest absolute Gasteiger partial charge is 0.250 e. The molecule has 0 spiro atoms. The van der Waals surface area contributed by atoms with Gasteiger partial charge in [-0.3, -0.25) is 4.79 Å². The van der Waals surface area contributed by atoms with E-state index in [1.807, 2.05) is 30.0 Å². The Morgan fingerprint density at radius 1 is 1.17 bits per heavy atom. The molecule has 1 heterocycles. The number of fused-ring (bicyclic) bond motifs is 1. The first-order valence-corrected chi connectivity index (χ1v) is 8.95. The van der Waals surface area contributed by atoms with Gasteiger partial charge in [-0.2, -0.15) is 0 Å². The van der Waals surface area contributed by atoms with Crippen LogP contribution in [0.1, 0.15) is 26.3 Å². The maximum absolute atomic E-state index is 13.1. The van der Waals surface area contributed by atoms with E-state index in [1.54, 1.807) is 0 Å². The molecule has 0 saturated carbocycles. The number of carbonyl (C=O) groups is 1. The Bertz CT molecular complexity index is 632. The van der Waals surface area contributed by atoms with Crippen LogP contribution in [0.25, 0.3) is 0 Å². The van der Waals surface area contributed by atoms with E-state index in [1.165, 1.54) is 5.56 Å². The lowest BCUT2D eigenvalue weighted by Gasteiger charge is -2.40. The van der Waals surface area contributed by atoms with Crippen LogP contribution in [-0.4, -0.2) is 36.1 Å². The van der Waals surface area contributed by atoms with Crippen LogP contribution in [0, 0.1) is 11.8 Å². The van der Waals surface area contributed by atoms with Gasteiger partial charge in [0.1, 0.15) is 0 Å². The van der Waals surface area contributed by atoms with Gasteiger partial charge in [-0.1, -0.05) is 62.4 Å². The zero-order chi connectivity index (χ0) is 17.1. The predicted octanol–water partition coefficient (Wildman–Crippen LogP) is 3.61. The zero-order valence-electron chi connectivity index (χ0n) is 14.8. The summed E-state index contributed by atoms with van der Waals surface area (Å²) in [6, 6.07) is 10.3. The number of rotatable bonds is 6. The second-order valence-electron chi connectivity index (χ2n) is 7.08. The van der Waals surface area contributed by atoms with Gasteiger partial charge >= 0.3 is 0 Å². The van der Waals surface area contributed by atoms with E-state index in [-0.39, 0.29) is 24.0 Å². The Balaban J connectivity index is 1.88.